The Hall–Kier alpha value is -0.120. The Labute approximate surface area is 106 Å². The zero-order chi connectivity index (χ0) is 12.4. The van der Waals surface area contributed by atoms with Crippen LogP contribution in [0.1, 0.15) is 39.5 Å². The Morgan fingerprint density at radius 3 is 2.59 bits per heavy atom. The molecule has 100 valence electrons. The first-order valence-electron chi connectivity index (χ1n) is 7.31. The van der Waals surface area contributed by atoms with Gasteiger partial charge in [0.05, 0.1) is 0 Å². The molecule has 3 heteroatoms. The molecule has 0 aromatic carbocycles. The average molecular weight is 239 g/mol. The summed E-state index contributed by atoms with van der Waals surface area (Å²) in [6.45, 7) is 8.00. The normalized spacial score (nSPS) is 40.9. The van der Waals surface area contributed by atoms with Crippen molar-refractivity contribution in [2.45, 2.75) is 57.7 Å². The van der Waals surface area contributed by atoms with Crippen LogP contribution < -0.4 is 5.73 Å². The van der Waals surface area contributed by atoms with Crippen molar-refractivity contribution in [2.75, 3.05) is 26.7 Å². The van der Waals surface area contributed by atoms with Crippen molar-refractivity contribution in [1.82, 2.24) is 9.80 Å². The second-order valence-electron chi connectivity index (χ2n) is 6.10. The standard InChI is InChI=1S/C14H29N3/c1-4-12-5-6-17(13(8-12)9-15)14-7-11(2)16(3)10-14/h11-14H,4-10,15H2,1-3H3. The second-order valence-corrected chi connectivity index (χ2v) is 6.10. The first-order chi connectivity index (χ1) is 8.15. The molecule has 2 fully saturated rings. The predicted molar refractivity (Wildman–Crippen MR) is 73.1 cm³/mol. The SMILES string of the molecule is CCC1CCN(C2CC(C)N(C)C2)C(CN)C1. The molecule has 0 radical (unpaired) electrons. The van der Waals surface area contributed by atoms with Gasteiger partial charge in [-0.15, -0.1) is 0 Å². The van der Waals surface area contributed by atoms with E-state index >= 15 is 0 Å². The molecular formula is C14H29N3. The highest BCUT2D eigenvalue weighted by atomic mass is 15.3. The summed E-state index contributed by atoms with van der Waals surface area (Å²) in [4.78, 5) is 5.20. The number of rotatable bonds is 3. The van der Waals surface area contributed by atoms with Crippen molar-refractivity contribution < 1.29 is 0 Å². The lowest BCUT2D eigenvalue weighted by Crippen LogP contribution is -2.52. The van der Waals surface area contributed by atoms with E-state index in [-0.39, 0.29) is 0 Å². The average Bonchev–Trinajstić information content (AvgIpc) is 2.68. The maximum Gasteiger partial charge on any atom is 0.0241 e. The molecule has 2 aliphatic rings. The maximum absolute atomic E-state index is 5.99. The summed E-state index contributed by atoms with van der Waals surface area (Å²) in [5.74, 6) is 0.913. The van der Waals surface area contributed by atoms with Gasteiger partial charge in [-0.1, -0.05) is 13.3 Å². The van der Waals surface area contributed by atoms with Crippen molar-refractivity contribution >= 4 is 0 Å². The highest BCUT2D eigenvalue weighted by molar-refractivity contribution is 4.93. The molecular weight excluding hydrogens is 210 g/mol. The number of nitrogens with two attached hydrogens (primary N) is 1. The van der Waals surface area contributed by atoms with Gasteiger partial charge in [-0.2, -0.15) is 0 Å². The number of piperidine rings is 1. The lowest BCUT2D eigenvalue weighted by Gasteiger charge is -2.42. The number of hydrogen-bond donors (Lipinski definition) is 1. The minimum Gasteiger partial charge on any atom is -0.329 e. The molecule has 2 rings (SSSR count). The number of likely N-dealkylation sites (N-methyl/N-ethyl adjacent to an activating group) is 1. The third-order valence-corrected chi connectivity index (χ3v) is 5.05. The Morgan fingerprint density at radius 2 is 2.06 bits per heavy atom. The van der Waals surface area contributed by atoms with E-state index in [0.29, 0.717) is 6.04 Å². The van der Waals surface area contributed by atoms with Crippen LogP contribution >= 0.6 is 0 Å². The zero-order valence-electron chi connectivity index (χ0n) is 11.7. The minimum atomic E-state index is 0.636. The fraction of sp³-hybridized carbons (Fsp3) is 1.00. The van der Waals surface area contributed by atoms with Crippen LogP contribution in [0.5, 0.6) is 0 Å². The molecule has 4 atom stereocenters. The Bertz CT molecular complexity index is 234. The molecule has 17 heavy (non-hydrogen) atoms. The molecule has 0 aromatic rings. The molecule has 0 saturated carbocycles. The van der Waals surface area contributed by atoms with E-state index in [1.165, 1.54) is 38.8 Å². The third-order valence-electron chi connectivity index (χ3n) is 5.05. The summed E-state index contributed by atoms with van der Waals surface area (Å²) in [6, 6.07) is 2.13. The molecule has 0 aromatic heterocycles. The Kier molecular flexibility index (Phi) is 4.45. The Balaban J connectivity index is 1.96. The van der Waals surface area contributed by atoms with Gasteiger partial charge in [0.2, 0.25) is 0 Å². The predicted octanol–water partition coefficient (Wildman–Crippen LogP) is 1.53. The van der Waals surface area contributed by atoms with Crippen LogP contribution in [0.25, 0.3) is 0 Å². The first-order valence-corrected chi connectivity index (χ1v) is 7.31. The highest BCUT2D eigenvalue weighted by Crippen LogP contribution is 2.30. The fourth-order valence-corrected chi connectivity index (χ4v) is 3.64. The van der Waals surface area contributed by atoms with Crippen LogP contribution in [0.4, 0.5) is 0 Å². The molecule has 2 saturated heterocycles. The van der Waals surface area contributed by atoms with Crippen LogP contribution in [-0.2, 0) is 0 Å². The smallest absolute Gasteiger partial charge is 0.0241 e. The van der Waals surface area contributed by atoms with E-state index in [1.807, 2.05) is 0 Å². The first kappa shape index (κ1) is 13.3. The van der Waals surface area contributed by atoms with Crippen molar-refractivity contribution in [3.05, 3.63) is 0 Å². The number of hydrogen-bond acceptors (Lipinski definition) is 3. The number of nitrogens with zero attached hydrogens (tertiary/aromatic N) is 2. The highest BCUT2D eigenvalue weighted by Gasteiger charge is 2.36. The summed E-state index contributed by atoms with van der Waals surface area (Å²) in [5, 5.41) is 0. The minimum absolute atomic E-state index is 0.636. The molecule has 0 amide bonds. The van der Waals surface area contributed by atoms with E-state index in [2.05, 4.69) is 30.7 Å². The molecule has 0 bridgehead atoms. The van der Waals surface area contributed by atoms with Crippen molar-refractivity contribution in [3.8, 4) is 0 Å². The lowest BCUT2D eigenvalue weighted by molar-refractivity contribution is 0.0740. The van der Waals surface area contributed by atoms with Gasteiger partial charge < -0.3 is 10.6 Å². The van der Waals surface area contributed by atoms with E-state index in [1.54, 1.807) is 0 Å². The van der Waals surface area contributed by atoms with Gasteiger partial charge >= 0.3 is 0 Å². The quantitative estimate of drug-likeness (QED) is 0.810. The molecule has 2 heterocycles. The zero-order valence-corrected chi connectivity index (χ0v) is 11.7. The maximum atomic E-state index is 5.99. The Morgan fingerprint density at radius 1 is 1.29 bits per heavy atom. The van der Waals surface area contributed by atoms with Gasteiger partial charge in [-0.25, -0.2) is 0 Å². The summed E-state index contributed by atoms with van der Waals surface area (Å²) in [7, 11) is 2.25. The summed E-state index contributed by atoms with van der Waals surface area (Å²) >= 11 is 0. The largest absolute Gasteiger partial charge is 0.329 e. The summed E-state index contributed by atoms with van der Waals surface area (Å²) < 4.78 is 0. The van der Waals surface area contributed by atoms with Crippen LogP contribution in [0.2, 0.25) is 0 Å². The topological polar surface area (TPSA) is 32.5 Å². The molecule has 2 N–H and O–H groups in total. The van der Waals surface area contributed by atoms with E-state index in [9.17, 15) is 0 Å². The van der Waals surface area contributed by atoms with Crippen LogP contribution in [-0.4, -0.2) is 54.6 Å². The second kappa shape index (κ2) is 5.68. The summed E-state index contributed by atoms with van der Waals surface area (Å²) in [6.07, 6.45) is 5.35. The van der Waals surface area contributed by atoms with Crippen LogP contribution in [0.3, 0.4) is 0 Å². The van der Waals surface area contributed by atoms with Gasteiger partial charge in [0.1, 0.15) is 0 Å². The lowest BCUT2D eigenvalue weighted by atomic mass is 9.87. The van der Waals surface area contributed by atoms with Crippen molar-refractivity contribution in [3.63, 3.8) is 0 Å². The molecule has 0 aliphatic carbocycles. The van der Waals surface area contributed by atoms with Crippen LogP contribution in [0, 0.1) is 5.92 Å². The van der Waals surface area contributed by atoms with E-state index in [0.717, 1.165) is 24.5 Å². The van der Waals surface area contributed by atoms with Gasteiger partial charge in [-0.05, 0) is 45.7 Å². The van der Waals surface area contributed by atoms with Gasteiger partial charge in [0.25, 0.3) is 0 Å². The van der Waals surface area contributed by atoms with Crippen LogP contribution in [0.15, 0.2) is 0 Å². The summed E-state index contributed by atoms with van der Waals surface area (Å²) in [5.41, 5.74) is 5.99. The van der Waals surface area contributed by atoms with E-state index in [4.69, 9.17) is 5.73 Å². The molecule has 2 aliphatic heterocycles. The van der Waals surface area contributed by atoms with Gasteiger partial charge in [0.15, 0.2) is 0 Å². The monoisotopic (exact) mass is 239 g/mol. The molecule has 0 spiro atoms. The van der Waals surface area contributed by atoms with Gasteiger partial charge in [-0.3, -0.25) is 4.90 Å². The molecule has 3 nitrogen and oxygen atoms in total. The van der Waals surface area contributed by atoms with Gasteiger partial charge in [0, 0.05) is 31.2 Å². The van der Waals surface area contributed by atoms with Crippen molar-refractivity contribution in [2.24, 2.45) is 11.7 Å². The van der Waals surface area contributed by atoms with E-state index < -0.39 is 0 Å². The third kappa shape index (κ3) is 2.83. The fourth-order valence-electron chi connectivity index (χ4n) is 3.64. The molecule has 4 unspecified atom stereocenters. The number of likely N-dealkylation sites (tertiary alicyclic amines) is 2. The van der Waals surface area contributed by atoms with Crippen molar-refractivity contribution in [1.29, 1.82) is 0 Å².